The smallest absolute Gasteiger partial charge is 0.416 e. The first-order valence-corrected chi connectivity index (χ1v) is 10.2. The fraction of sp³-hybridized carbons (Fsp3) is 0.200. The Labute approximate surface area is 159 Å². The van der Waals surface area contributed by atoms with Crippen molar-refractivity contribution in [2.45, 2.75) is 12.6 Å². The minimum atomic E-state index is -4.47. The molecular weight excluding hydrogens is 391 g/mol. The third-order valence-corrected chi connectivity index (χ3v) is 6.14. The summed E-state index contributed by atoms with van der Waals surface area (Å²) in [7, 11) is -3.75. The highest BCUT2D eigenvalue weighted by Gasteiger charge is 2.30. The maximum absolute atomic E-state index is 12.8. The fourth-order valence-corrected chi connectivity index (χ4v) is 4.44. The molecule has 0 saturated carbocycles. The van der Waals surface area contributed by atoms with Gasteiger partial charge in [-0.05, 0) is 47.5 Å². The number of aromatic nitrogens is 1. The van der Waals surface area contributed by atoms with Crippen molar-refractivity contribution in [2.24, 2.45) is 0 Å². The number of rotatable bonds is 4. The van der Waals surface area contributed by atoms with Crippen molar-refractivity contribution in [1.29, 1.82) is 0 Å². The molecule has 3 aromatic rings. The van der Waals surface area contributed by atoms with E-state index in [2.05, 4.69) is 0 Å². The Balaban J connectivity index is 1.56. The van der Waals surface area contributed by atoms with E-state index >= 15 is 0 Å². The van der Waals surface area contributed by atoms with Gasteiger partial charge in [0.15, 0.2) is 0 Å². The number of benzene rings is 2. The summed E-state index contributed by atoms with van der Waals surface area (Å²) >= 11 is 0. The van der Waals surface area contributed by atoms with Crippen LogP contribution in [0.3, 0.4) is 0 Å². The second-order valence-electron chi connectivity index (χ2n) is 6.53. The molecule has 0 saturated heterocycles. The third-order valence-electron chi connectivity index (χ3n) is 4.61. The summed E-state index contributed by atoms with van der Waals surface area (Å²) in [5.74, 6) is 0.576. The molecule has 28 heavy (non-hydrogen) atoms. The zero-order chi connectivity index (χ0) is 19.9. The van der Waals surface area contributed by atoms with Crippen LogP contribution in [0.5, 0.6) is 5.75 Å². The van der Waals surface area contributed by atoms with Crippen LogP contribution in [0.2, 0.25) is 0 Å². The first-order valence-electron chi connectivity index (χ1n) is 8.58. The quantitative estimate of drug-likeness (QED) is 0.641. The molecule has 0 amide bonds. The molecule has 1 aliphatic heterocycles. The van der Waals surface area contributed by atoms with Crippen LogP contribution in [0.25, 0.3) is 17.0 Å². The van der Waals surface area contributed by atoms with Gasteiger partial charge in [0.05, 0.1) is 23.4 Å². The van der Waals surface area contributed by atoms with Gasteiger partial charge in [0, 0.05) is 18.0 Å². The number of fused-ring (bicyclic) bond motifs is 2. The van der Waals surface area contributed by atoms with Gasteiger partial charge in [-0.2, -0.15) is 13.2 Å². The average Bonchev–Trinajstić information content (AvgIpc) is 3.26. The molecule has 0 bridgehead atoms. The van der Waals surface area contributed by atoms with Crippen molar-refractivity contribution in [3.63, 3.8) is 0 Å². The number of ether oxygens (including phenoxy) is 1. The van der Waals surface area contributed by atoms with Crippen LogP contribution in [0, 0.1) is 0 Å². The molecule has 0 radical (unpaired) electrons. The SMILES string of the molecule is O=S(=O)(CC=Cc1ccc2c(c1)CCO2)n1ccc2cc(C(F)(F)F)ccc21. The molecule has 0 spiro atoms. The summed E-state index contributed by atoms with van der Waals surface area (Å²) < 4.78 is 70.2. The van der Waals surface area contributed by atoms with E-state index in [9.17, 15) is 21.6 Å². The molecule has 1 aliphatic rings. The van der Waals surface area contributed by atoms with E-state index in [-0.39, 0.29) is 16.7 Å². The van der Waals surface area contributed by atoms with Gasteiger partial charge in [-0.15, -0.1) is 0 Å². The summed E-state index contributed by atoms with van der Waals surface area (Å²) in [4.78, 5) is 0. The number of halogens is 3. The predicted molar refractivity (Wildman–Crippen MR) is 101 cm³/mol. The lowest BCUT2D eigenvalue weighted by atomic mass is 10.1. The summed E-state index contributed by atoms with van der Waals surface area (Å²) in [6, 6.07) is 10.0. The molecular formula is C20H16F3NO3S. The van der Waals surface area contributed by atoms with Crippen molar-refractivity contribution >= 4 is 27.0 Å². The number of alkyl halides is 3. The molecule has 0 fully saturated rings. The van der Waals surface area contributed by atoms with Gasteiger partial charge in [-0.25, -0.2) is 12.4 Å². The summed E-state index contributed by atoms with van der Waals surface area (Å²) in [6.45, 7) is 0.646. The van der Waals surface area contributed by atoms with Gasteiger partial charge in [0.25, 0.3) is 0 Å². The molecule has 4 rings (SSSR count). The minimum absolute atomic E-state index is 0.219. The van der Waals surface area contributed by atoms with Crippen molar-refractivity contribution in [3.8, 4) is 5.75 Å². The Morgan fingerprint density at radius 3 is 2.71 bits per heavy atom. The first kappa shape index (κ1) is 18.6. The molecule has 2 aromatic carbocycles. The molecule has 0 N–H and O–H groups in total. The lowest BCUT2D eigenvalue weighted by Crippen LogP contribution is -2.14. The Bertz CT molecular complexity index is 1180. The second-order valence-corrected chi connectivity index (χ2v) is 8.42. The average molecular weight is 407 g/mol. The van der Waals surface area contributed by atoms with Crippen molar-refractivity contribution < 1.29 is 26.3 Å². The molecule has 0 atom stereocenters. The van der Waals surface area contributed by atoms with E-state index in [1.165, 1.54) is 24.4 Å². The summed E-state index contributed by atoms with van der Waals surface area (Å²) in [6.07, 6.45) is 0.872. The van der Waals surface area contributed by atoms with Crippen molar-refractivity contribution in [2.75, 3.05) is 12.4 Å². The topological polar surface area (TPSA) is 48.3 Å². The van der Waals surface area contributed by atoms with Crippen LogP contribution in [0.15, 0.2) is 54.7 Å². The van der Waals surface area contributed by atoms with Gasteiger partial charge in [0.2, 0.25) is 10.0 Å². The van der Waals surface area contributed by atoms with E-state index in [0.29, 0.717) is 6.61 Å². The maximum atomic E-state index is 12.8. The zero-order valence-electron chi connectivity index (χ0n) is 14.6. The first-order chi connectivity index (χ1) is 13.2. The Morgan fingerprint density at radius 2 is 1.93 bits per heavy atom. The predicted octanol–water partition coefficient (Wildman–Crippen LogP) is 4.49. The highest BCUT2D eigenvalue weighted by molar-refractivity contribution is 7.90. The number of hydrogen-bond acceptors (Lipinski definition) is 3. The summed E-state index contributed by atoms with van der Waals surface area (Å²) in [5.41, 5.74) is 1.36. The van der Waals surface area contributed by atoms with E-state index in [1.807, 2.05) is 18.2 Å². The summed E-state index contributed by atoms with van der Waals surface area (Å²) in [5, 5.41) is 0.223. The van der Waals surface area contributed by atoms with E-state index in [4.69, 9.17) is 4.74 Å². The molecule has 1 aromatic heterocycles. The third kappa shape index (κ3) is 3.52. The zero-order valence-corrected chi connectivity index (χ0v) is 15.4. The Hall–Kier alpha value is -2.74. The Kier molecular flexibility index (Phi) is 4.45. The van der Waals surface area contributed by atoms with Crippen LogP contribution >= 0.6 is 0 Å². The van der Waals surface area contributed by atoms with Gasteiger partial charge in [-0.1, -0.05) is 18.2 Å². The molecule has 0 aliphatic carbocycles. The lowest BCUT2D eigenvalue weighted by Gasteiger charge is -2.08. The van der Waals surface area contributed by atoms with E-state index in [0.717, 1.165) is 39.4 Å². The van der Waals surface area contributed by atoms with Gasteiger partial charge < -0.3 is 4.74 Å². The van der Waals surface area contributed by atoms with E-state index in [1.54, 1.807) is 6.08 Å². The second kappa shape index (κ2) is 6.70. The lowest BCUT2D eigenvalue weighted by molar-refractivity contribution is -0.137. The standard InChI is InChI=1S/C20H16F3NO3S/c21-20(22,23)17-4-5-18-15(13-17)7-9-24(18)28(25,26)11-1-2-14-3-6-19-16(12-14)8-10-27-19/h1-7,9,12-13H,8,10-11H2. The largest absolute Gasteiger partial charge is 0.493 e. The maximum Gasteiger partial charge on any atom is 0.416 e. The molecule has 8 heteroatoms. The van der Waals surface area contributed by atoms with Gasteiger partial charge >= 0.3 is 6.18 Å². The van der Waals surface area contributed by atoms with Crippen molar-refractivity contribution in [3.05, 3.63) is 71.4 Å². The highest BCUT2D eigenvalue weighted by atomic mass is 32.2. The number of hydrogen-bond donors (Lipinski definition) is 0. The fourth-order valence-electron chi connectivity index (χ4n) is 3.23. The molecule has 0 unspecified atom stereocenters. The van der Waals surface area contributed by atoms with Gasteiger partial charge in [0.1, 0.15) is 5.75 Å². The van der Waals surface area contributed by atoms with Crippen LogP contribution < -0.4 is 4.74 Å². The molecule has 146 valence electrons. The minimum Gasteiger partial charge on any atom is -0.493 e. The van der Waals surface area contributed by atoms with Crippen LogP contribution in [0.1, 0.15) is 16.7 Å². The van der Waals surface area contributed by atoms with Crippen LogP contribution in [-0.4, -0.2) is 24.7 Å². The van der Waals surface area contributed by atoms with E-state index < -0.39 is 21.8 Å². The van der Waals surface area contributed by atoms with Crippen molar-refractivity contribution in [1.82, 2.24) is 3.97 Å². The normalized spacial score (nSPS) is 14.5. The molecule has 2 heterocycles. The highest BCUT2D eigenvalue weighted by Crippen LogP contribution is 2.32. The Morgan fingerprint density at radius 1 is 1.11 bits per heavy atom. The monoisotopic (exact) mass is 407 g/mol. The van der Waals surface area contributed by atoms with Crippen LogP contribution in [0.4, 0.5) is 13.2 Å². The number of nitrogens with zero attached hydrogens (tertiary/aromatic N) is 1. The van der Waals surface area contributed by atoms with Crippen LogP contribution in [-0.2, 0) is 22.6 Å². The van der Waals surface area contributed by atoms with Gasteiger partial charge in [-0.3, -0.25) is 0 Å². The molecule has 4 nitrogen and oxygen atoms in total.